The number of hydrogen-bond acceptors (Lipinski definition) is 2. The number of benzene rings is 2. The van der Waals surface area contributed by atoms with Crippen LogP contribution in [0.2, 0.25) is 0 Å². The smallest absolute Gasteiger partial charge is 0.256 e. The van der Waals surface area contributed by atoms with Crippen molar-refractivity contribution < 1.29 is 14.0 Å². The average Bonchev–Trinajstić information content (AvgIpc) is 2.99. The van der Waals surface area contributed by atoms with Gasteiger partial charge in [0.15, 0.2) is 0 Å². The number of halogens is 1. The van der Waals surface area contributed by atoms with Gasteiger partial charge in [0.05, 0.1) is 11.0 Å². The van der Waals surface area contributed by atoms with Crippen molar-refractivity contribution in [3.63, 3.8) is 0 Å². The first-order valence-electron chi connectivity index (χ1n) is 8.99. The number of rotatable bonds is 2. The Labute approximate surface area is 152 Å². The van der Waals surface area contributed by atoms with Crippen molar-refractivity contribution in [3.8, 4) is 0 Å². The zero-order valence-electron chi connectivity index (χ0n) is 14.5. The molecule has 2 aliphatic rings. The van der Waals surface area contributed by atoms with Crippen LogP contribution in [0.3, 0.4) is 0 Å². The Bertz CT molecular complexity index is 829. The normalized spacial score (nSPS) is 21.7. The van der Waals surface area contributed by atoms with Gasteiger partial charge in [-0.1, -0.05) is 42.5 Å². The molecule has 1 unspecified atom stereocenters. The molecule has 4 nitrogen and oxygen atoms in total. The predicted molar refractivity (Wildman–Crippen MR) is 96.2 cm³/mol. The number of carbonyl (C=O) groups excluding carboxylic acids is 2. The van der Waals surface area contributed by atoms with Crippen molar-refractivity contribution in [1.29, 1.82) is 0 Å². The fourth-order valence-electron chi connectivity index (χ4n) is 4.34. The van der Waals surface area contributed by atoms with Gasteiger partial charge in [0.2, 0.25) is 5.91 Å². The van der Waals surface area contributed by atoms with Gasteiger partial charge >= 0.3 is 0 Å². The van der Waals surface area contributed by atoms with E-state index in [1.54, 1.807) is 17.0 Å². The van der Waals surface area contributed by atoms with E-state index in [0.717, 1.165) is 5.56 Å². The zero-order valence-corrected chi connectivity index (χ0v) is 14.5. The van der Waals surface area contributed by atoms with E-state index in [1.807, 2.05) is 18.2 Å². The molecule has 2 amide bonds. The second-order valence-corrected chi connectivity index (χ2v) is 7.10. The molecule has 5 heteroatoms. The van der Waals surface area contributed by atoms with Crippen LogP contribution in [0.25, 0.3) is 0 Å². The first-order chi connectivity index (χ1) is 12.6. The summed E-state index contributed by atoms with van der Waals surface area (Å²) in [5.41, 5.74) is 0.770. The molecule has 0 bridgehead atoms. The standard InChI is InChI=1S/C21H21FN2O2/c22-18-9-5-4-8-16(18)19(25)24-12-10-21(11-13-24)17(14-23-20(21)26)15-6-2-1-3-7-15/h1-9,17H,10-14H2,(H,23,26). The molecule has 2 aromatic carbocycles. The lowest BCUT2D eigenvalue weighted by Crippen LogP contribution is -2.48. The van der Waals surface area contributed by atoms with Crippen LogP contribution in [0.4, 0.5) is 4.39 Å². The molecular weight excluding hydrogens is 331 g/mol. The van der Waals surface area contributed by atoms with Gasteiger partial charge in [0.25, 0.3) is 5.91 Å². The Kier molecular flexibility index (Phi) is 4.23. The molecule has 2 fully saturated rings. The SMILES string of the molecule is O=C(c1ccccc1F)N1CCC2(CC1)C(=O)NCC2c1ccccc1. The second-order valence-electron chi connectivity index (χ2n) is 7.10. The van der Waals surface area contributed by atoms with E-state index >= 15 is 0 Å². The highest BCUT2D eigenvalue weighted by Gasteiger charge is 2.52. The Morgan fingerprint density at radius 3 is 2.38 bits per heavy atom. The van der Waals surface area contributed by atoms with Crippen LogP contribution in [-0.2, 0) is 4.79 Å². The van der Waals surface area contributed by atoms with Crippen LogP contribution in [0.5, 0.6) is 0 Å². The maximum absolute atomic E-state index is 13.9. The monoisotopic (exact) mass is 352 g/mol. The summed E-state index contributed by atoms with van der Waals surface area (Å²) in [6.07, 6.45) is 1.19. The van der Waals surface area contributed by atoms with Crippen molar-refractivity contribution in [3.05, 3.63) is 71.5 Å². The lowest BCUT2D eigenvalue weighted by atomic mass is 9.68. The molecule has 2 aliphatic heterocycles. The molecule has 1 N–H and O–H groups in total. The lowest BCUT2D eigenvalue weighted by molar-refractivity contribution is -0.130. The van der Waals surface area contributed by atoms with Gasteiger partial charge in [-0.05, 0) is 30.5 Å². The van der Waals surface area contributed by atoms with E-state index in [1.165, 1.54) is 12.1 Å². The quantitative estimate of drug-likeness (QED) is 0.903. The van der Waals surface area contributed by atoms with E-state index < -0.39 is 11.2 Å². The van der Waals surface area contributed by atoms with E-state index in [-0.39, 0.29) is 23.3 Å². The summed E-state index contributed by atoms with van der Waals surface area (Å²) in [6.45, 7) is 1.55. The van der Waals surface area contributed by atoms with Gasteiger partial charge in [0, 0.05) is 25.6 Å². The van der Waals surface area contributed by atoms with Crippen molar-refractivity contribution in [2.24, 2.45) is 5.41 Å². The van der Waals surface area contributed by atoms with Crippen molar-refractivity contribution >= 4 is 11.8 Å². The summed E-state index contributed by atoms with van der Waals surface area (Å²) in [5.74, 6) is -0.613. The predicted octanol–water partition coefficient (Wildman–Crippen LogP) is 2.96. The molecule has 0 aromatic heterocycles. The first-order valence-corrected chi connectivity index (χ1v) is 8.99. The summed E-state index contributed by atoms with van der Waals surface area (Å²) in [4.78, 5) is 27.0. The fourth-order valence-corrected chi connectivity index (χ4v) is 4.34. The molecule has 26 heavy (non-hydrogen) atoms. The molecule has 0 radical (unpaired) electrons. The highest BCUT2D eigenvalue weighted by atomic mass is 19.1. The third-order valence-electron chi connectivity index (χ3n) is 5.84. The van der Waals surface area contributed by atoms with Crippen LogP contribution in [0.1, 0.15) is 34.7 Å². The third kappa shape index (κ3) is 2.68. The minimum Gasteiger partial charge on any atom is -0.355 e. The molecule has 2 aromatic rings. The van der Waals surface area contributed by atoms with Crippen molar-refractivity contribution in [1.82, 2.24) is 10.2 Å². The molecule has 0 saturated carbocycles. The summed E-state index contributed by atoms with van der Waals surface area (Å²) < 4.78 is 13.9. The Morgan fingerprint density at radius 2 is 1.69 bits per heavy atom. The summed E-state index contributed by atoms with van der Waals surface area (Å²) in [5, 5.41) is 3.01. The topological polar surface area (TPSA) is 49.4 Å². The van der Waals surface area contributed by atoms with Gasteiger partial charge < -0.3 is 10.2 Å². The van der Waals surface area contributed by atoms with Gasteiger partial charge in [-0.15, -0.1) is 0 Å². The largest absolute Gasteiger partial charge is 0.355 e. The minimum atomic E-state index is -0.501. The molecule has 134 valence electrons. The van der Waals surface area contributed by atoms with Gasteiger partial charge in [-0.3, -0.25) is 9.59 Å². The summed E-state index contributed by atoms with van der Waals surface area (Å²) in [7, 11) is 0. The number of carbonyl (C=O) groups is 2. The fraction of sp³-hybridized carbons (Fsp3) is 0.333. The van der Waals surface area contributed by atoms with Crippen LogP contribution < -0.4 is 5.32 Å². The van der Waals surface area contributed by atoms with Crippen molar-refractivity contribution in [2.45, 2.75) is 18.8 Å². The number of nitrogens with one attached hydrogen (secondary N) is 1. The van der Waals surface area contributed by atoms with Crippen LogP contribution in [0, 0.1) is 11.2 Å². The van der Waals surface area contributed by atoms with Crippen molar-refractivity contribution in [2.75, 3.05) is 19.6 Å². The molecule has 0 aliphatic carbocycles. The van der Waals surface area contributed by atoms with E-state index in [4.69, 9.17) is 0 Å². The molecule has 2 saturated heterocycles. The Hall–Kier alpha value is -2.69. The molecule has 2 heterocycles. The maximum Gasteiger partial charge on any atom is 0.256 e. The second kappa shape index (κ2) is 6.56. The zero-order chi connectivity index (χ0) is 18.1. The molecule has 1 spiro atoms. The van der Waals surface area contributed by atoms with Gasteiger partial charge in [-0.25, -0.2) is 4.39 Å². The third-order valence-corrected chi connectivity index (χ3v) is 5.84. The highest BCUT2D eigenvalue weighted by Crippen LogP contribution is 2.47. The average molecular weight is 352 g/mol. The number of amides is 2. The minimum absolute atomic E-state index is 0.0735. The number of likely N-dealkylation sites (tertiary alicyclic amines) is 1. The van der Waals surface area contributed by atoms with Crippen LogP contribution >= 0.6 is 0 Å². The van der Waals surface area contributed by atoms with Crippen LogP contribution in [-0.4, -0.2) is 36.3 Å². The molecular formula is C21H21FN2O2. The maximum atomic E-state index is 13.9. The Morgan fingerprint density at radius 1 is 1.04 bits per heavy atom. The Balaban J connectivity index is 1.54. The number of nitrogens with zero attached hydrogens (tertiary/aromatic N) is 1. The number of hydrogen-bond donors (Lipinski definition) is 1. The lowest BCUT2D eigenvalue weighted by Gasteiger charge is -2.41. The summed E-state index contributed by atoms with van der Waals surface area (Å²) >= 11 is 0. The number of piperidine rings is 1. The van der Waals surface area contributed by atoms with E-state index in [0.29, 0.717) is 32.5 Å². The highest BCUT2D eigenvalue weighted by molar-refractivity contribution is 5.95. The molecule has 1 atom stereocenters. The van der Waals surface area contributed by atoms with Gasteiger partial charge in [0.1, 0.15) is 5.82 Å². The van der Waals surface area contributed by atoms with Crippen LogP contribution in [0.15, 0.2) is 54.6 Å². The molecule has 4 rings (SSSR count). The summed E-state index contributed by atoms with van der Waals surface area (Å²) in [6, 6.07) is 16.1. The van der Waals surface area contributed by atoms with Gasteiger partial charge in [-0.2, -0.15) is 0 Å². The van der Waals surface area contributed by atoms with E-state index in [2.05, 4.69) is 17.4 Å². The first kappa shape index (κ1) is 16.8. The van der Waals surface area contributed by atoms with E-state index in [9.17, 15) is 14.0 Å².